The average molecular weight is 240 g/mol. The van der Waals surface area contributed by atoms with Crippen LogP contribution in [0.25, 0.3) is 0 Å². The molecule has 1 saturated carbocycles. The SMILES string of the molecule is CC(O)Cc1ccc(S(=O)(=O)C2CC2)cc1. The minimum atomic E-state index is -3.07. The molecular formula is C12H16O3S. The fraction of sp³-hybridized carbons (Fsp3) is 0.500. The second-order valence-electron chi connectivity index (χ2n) is 4.44. The van der Waals surface area contributed by atoms with Crippen LogP contribution in [0, 0.1) is 0 Å². The number of rotatable bonds is 4. The highest BCUT2D eigenvalue weighted by Gasteiger charge is 2.36. The van der Waals surface area contributed by atoms with Crippen molar-refractivity contribution in [2.75, 3.05) is 0 Å². The zero-order valence-corrected chi connectivity index (χ0v) is 10.1. The zero-order chi connectivity index (χ0) is 11.8. The van der Waals surface area contributed by atoms with Crippen molar-refractivity contribution >= 4 is 9.84 Å². The first-order chi connectivity index (χ1) is 7.50. The standard InChI is InChI=1S/C12H16O3S/c1-9(13)8-10-2-4-11(5-3-10)16(14,15)12-6-7-12/h2-5,9,12-13H,6-8H2,1H3. The van der Waals surface area contributed by atoms with Crippen LogP contribution in [0.5, 0.6) is 0 Å². The highest BCUT2D eigenvalue weighted by molar-refractivity contribution is 7.92. The molecule has 0 amide bonds. The quantitative estimate of drug-likeness (QED) is 0.868. The van der Waals surface area contributed by atoms with E-state index in [2.05, 4.69) is 0 Å². The Morgan fingerprint density at radius 2 is 1.88 bits per heavy atom. The van der Waals surface area contributed by atoms with Gasteiger partial charge in [-0.05, 0) is 43.9 Å². The number of hydrogen-bond donors (Lipinski definition) is 1. The molecule has 0 heterocycles. The van der Waals surface area contributed by atoms with E-state index in [4.69, 9.17) is 0 Å². The van der Waals surface area contributed by atoms with Crippen molar-refractivity contribution in [1.82, 2.24) is 0 Å². The molecular weight excluding hydrogens is 224 g/mol. The van der Waals surface area contributed by atoms with Gasteiger partial charge in [-0.3, -0.25) is 0 Å². The van der Waals surface area contributed by atoms with Gasteiger partial charge >= 0.3 is 0 Å². The van der Waals surface area contributed by atoms with Crippen molar-refractivity contribution in [2.45, 2.75) is 42.4 Å². The van der Waals surface area contributed by atoms with Crippen molar-refractivity contribution < 1.29 is 13.5 Å². The number of aliphatic hydroxyl groups is 1. The van der Waals surface area contributed by atoms with Gasteiger partial charge in [0.1, 0.15) is 0 Å². The molecule has 0 radical (unpaired) electrons. The molecule has 0 aliphatic heterocycles. The van der Waals surface area contributed by atoms with Crippen LogP contribution >= 0.6 is 0 Å². The summed E-state index contributed by atoms with van der Waals surface area (Å²) < 4.78 is 23.8. The lowest BCUT2D eigenvalue weighted by atomic mass is 10.1. The average Bonchev–Trinajstić information content (AvgIpc) is 3.00. The highest BCUT2D eigenvalue weighted by Crippen LogP contribution is 2.33. The summed E-state index contributed by atoms with van der Waals surface area (Å²) in [5, 5.41) is 9.06. The number of benzene rings is 1. The van der Waals surface area contributed by atoms with E-state index in [-0.39, 0.29) is 5.25 Å². The van der Waals surface area contributed by atoms with E-state index >= 15 is 0 Å². The Balaban J connectivity index is 2.19. The van der Waals surface area contributed by atoms with Crippen LogP contribution in [-0.2, 0) is 16.3 Å². The molecule has 3 nitrogen and oxygen atoms in total. The normalized spacial score (nSPS) is 18.4. The molecule has 1 atom stereocenters. The second kappa shape index (κ2) is 4.18. The molecule has 2 rings (SSSR count). The maximum absolute atomic E-state index is 11.9. The molecule has 0 aromatic heterocycles. The summed E-state index contributed by atoms with van der Waals surface area (Å²) in [6.07, 6.45) is 1.74. The van der Waals surface area contributed by atoms with Crippen molar-refractivity contribution in [1.29, 1.82) is 0 Å². The van der Waals surface area contributed by atoms with E-state index in [1.54, 1.807) is 31.2 Å². The van der Waals surface area contributed by atoms with E-state index in [1.165, 1.54) is 0 Å². The number of sulfone groups is 1. The molecule has 1 fully saturated rings. The monoisotopic (exact) mass is 240 g/mol. The largest absolute Gasteiger partial charge is 0.393 e. The third kappa shape index (κ3) is 2.44. The second-order valence-corrected chi connectivity index (χ2v) is 6.67. The van der Waals surface area contributed by atoms with Crippen LogP contribution in [0.1, 0.15) is 25.3 Å². The first-order valence-electron chi connectivity index (χ1n) is 5.51. The minimum Gasteiger partial charge on any atom is -0.393 e. The minimum absolute atomic E-state index is 0.157. The molecule has 1 aliphatic carbocycles. The predicted molar refractivity (Wildman–Crippen MR) is 62.0 cm³/mol. The lowest BCUT2D eigenvalue weighted by Crippen LogP contribution is -2.08. The summed E-state index contributed by atoms with van der Waals surface area (Å²) >= 11 is 0. The molecule has 16 heavy (non-hydrogen) atoms. The smallest absolute Gasteiger partial charge is 0.181 e. The van der Waals surface area contributed by atoms with Crippen LogP contribution in [0.15, 0.2) is 29.2 Å². The van der Waals surface area contributed by atoms with Gasteiger partial charge in [-0.25, -0.2) is 8.42 Å². The molecule has 88 valence electrons. The fourth-order valence-electron chi connectivity index (χ4n) is 1.73. The van der Waals surface area contributed by atoms with Crippen molar-refractivity contribution in [3.05, 3.63) is 29.8 Å². The maximum Gasteiger partial charge on any atom is 0.181 e. The van der Waals surface area contributed by atoms with Crippen molar-refractivity contribution in [3.63, 3.8) is 0 Å². The van der Waals surface area contributed by atoms with Crippen molar-refractivity contribution in [2.24, 2.45) is 0 Å². The summed E-state index contributed by atoms with van der Waals surface area (Å²) in [7, 11) is -3.07. The Morgan fingerprint density at radius 1 is 1.31 bits per heavy atom. The van der Waals surface area contributed by atoms with Crippen LogP contribution in [0.2, 0.25) is 0 Å². The summed E-state index contributed by atoms with van der Waals surface area (Å²) in [5.41, 5.74) is 0.963. The first-order valence-corrected chi connectivity index (χ1v) is 7.05. The number of hydrogen-bond acceptors (Lipinski definition) is 3. The van der Waals surface area contributed by atoms with Crippen LogP contribution < -0.4 is 0 Å². The molecule has 4 heteroatoms. The van der Waals surface area contributed by atoms with E-state index in [1.807, 2.05) is 0 Å². The Kier molecular flexibility index (Phi) is 3.04. The van der Waals surface area contributed by atoms with E-state index in [0.29, 0.717) is 11.3 Å². The van der Waals surface area contributed by atoms with Crippen LogP contribution in [0.4, 0.5) is 0 Å². The van der Waals surface area contributed by atoms with Gasteiger partial charge < -0.3 is 5.11 Å². The van der Waals surface area contributed by atoms with Crippen molar-refractivity contribution in [3.8, 4) is 0 Å². The molecule has 0 bridgehead atoms. The topological polar surface area (TPSA) is 54.4 Å². The summed E-state index contributed by atoms with van der Waals surface area (Å²) in [6, 6.07) is 6.85. The van der Waals surface area contributed by atoms with Gasteiger partial charge in [-0.1, -0.05) is 12.1 Å². The lowest BCUT2D eigenvalue weighted by molar-refractivity contribution is 0.195. The van der Waals surface area contributed by atoms with E-state index in [9.17, 15) is 13.5 Å². The predicted octanol–water partition coefficient (Wildman–Crippen LogP) is 1.55. The van der Waals surface area contributed by atoms with Gasteiger partial charge in [-0.15, -0.1) is 0 Å². The number of aliphatic hydroxyl groups excluding tert-OH is 1. The molecule has 1 aromatic rings. The Morgan fingerprint density at radius 3 is 2.31 bits per heavy atom. The Bertz CT molecular complexity index is 456. The summed E-state index contributed by atoms with van der Waals surface area (Å²) in [6.45, 7) is 1.72. The molecule has 1 aromatic carbocycles. The zero-order valence-electron chi connectivity index (χ0n) is 9.26. The molecule has 1 aliphatic rings. The van der Waals surface area contributed by atoms with Gasteiger partial charge in [0.15, 0.2) is 9.84 Å². The molecule has 1 unspecified atom stereocenters. The third-order valence-corrected chi connectivity index (χ3v) is 5.02. The van der Waals surface area contributed by atoms with Gasteiger partial charge in [0.25, 0.3) is 0 Å². The molecule has 0 spiro atoms. The molecule has 1 N–H and O–H groups in total. The first kappa shape index (κ1) is 11.6. The Hall–Kier alpha value is -0.870. The summed E-state index contributed by atoms with van der Waals surface area (Å²) in [5.74, 6) is 0. The van der Waals surface area contributed by atoms with E-state index < -0.39 is 15.9 Å². The third-order valence-electron chi connectivity index (χ3n) is 2.75. The van der Waals surface area contributed by atoms with Crippen LogP contribution in [0.3, 0.4) is 0 Å². The Labute approximate surface area is 96.0 Å². The molecule has 0 saturated heterocycles. The van der Waals surface area contributed by atoms with Gasteiger partial charge in [0.05, 0.1) is 16.2 Å². The van der Waals surface area contributed by atoms with Gasteiger partial charge in [-0.2, -0.15) is 0 Å². The van der Waals surface area contributed by atoms with E-state index in [0.717, 1.165) is 18.4 Å². The van der Waals surface area contributed by atoms with Gasteiger partial charge in [0.2, 0.25) is 0 Å². The van der Waals surface area contributed by atoms with Crippen LogP contribution in [-0.4, -0.2) is 24.9 Å². The van der Waals surface area contributed by atoms with Gasteiger partial charge in [0, 0.05) is 0 Å². The highest BCUT2D eigenvalue weighted by atomic mass is 32.2. The summed E-state index contributed by atoms with van der Waals surface area (Å²) in [4.78, 5) is 0.407. The maximum atomic E-state index is 11.9. The lowest BCUT2D eigenvalue weighted by Gasteiger charge is -2.06. The fourth-order valence-corrected chi connectivity index (χ4v) is 3.38.